The Labute approximate surface area is 115 Å². The van der Waals surface area contributed by atoms with E-state index in [2.05, 4.69) is 15.6 Å². The van der Waals surface area contributed by atoms with E-state index in [9.17, 15) is 9.18 Å². The molecule has 4 nitrogen and oxygen atoms in total. The molecule has 1 amide bonds. The van der Waals surface area contributed by atoms with Crippen LogP contribution in [0.2, 0.25) is 0 Å². The molecule has 0 aliphatic rings. The van der Waals surface area contributed by atoms with Gasteiger partial charge in [-0.25, -0.2) is 9.37 Å². The van der Waals surface area contributed by atoms with Crippen LogP contribution < -0.4 is 10.6 Å². The van der Waals surface area contributed by atoms with Gasteiger partial charge in [0.2, 0.25) is 5.91 Å². The lowest BCUT2D eigenvalue weighted by Gasteiger charge is -2.07. The minimum atomic E-state index is -0.306. The highest BCUT2D eigenvalue weighted by Gasteiger charge is 2.07. The Hall–Kier alpha value is -1.69. The van der Waals surface area contributed by atoms with Crippen LogP contribution in [0.25, 0.3) is 10.2 Å². The monoisotopic (exact) mass is 281 g/mol. The molecule has 0 atom stereocenters. The van der Waals surface area contributed by atoms with E-state index in [1.54, 1.807) is 6.07 Å². The molecule has 2 aromatic rings. The van der Waals surface area contributed by atoms with Crippen LogP contribution in [0.4, 0.5) is 9.52 Å². The molecule has 102 valence electrons. The highest BCUT2D eigenvalue weighted by molar-refractivity contribution is 7.22. The lowest BCUT2D eigenvalue weighted by Crippen LogP contribution is -2.32. The van der Waals surface area contributed by atoms with Gasteiger partial charge in [-0.3, -0.25) is 4.79 Å². The third-order valence-corrected chi connectivity index (χ3v) is 3.45. The van der Waals surface area contributed by atoms with Crippen LogP contribution in [0.1, 0.15) is 13.8 Å². The molecule has 1 aromatic carbocycles. The number of nitrogens with zero attached hydrogens (tertiary/aromatic N) is 1. The maximum Gasteiger partial charge on any atom is 0.239 e. The molecular weight excluding hydrogens is 265 g/mol. The third kappa shape index (κ3) is 3.89. The zero-order chi connectivity index (χ0) is 13.8. The molecule has 2 N–H and O–H groups in total. The number of aromatic nitrogens is 1. The Morgan fingerprint density at radius 3 is 3.00 bits per heavy atom. The molecule has 0 saturated carbocycles. The van der Waals surface area contributed by atoms with Gasteiger partial charge in [0.15, 0.2) is 5.13 Å². The Bertz CT molecular complexity index is 582. The first-order valence-electron chi connectivity index (χ1n) is 6.11. The average Bonchev–Trinajstić information content (AvgIpc) is 2.75. The second-order valence-corrected chi connectivity index (χ2v) is 5.71. The van der Waals surface area contributed by atoms with Crippen molar-refractivity contribution in [1.29, 1.82) is 0 Å². The van der Waals surface area contributed by atoms with E-state index in [0.717, 1.165) is 4.70 Å². The van der Waals surface area contributed by atoms with Crippen LogP contribution in [0.3, 0.4) is 0 Å². The topological polar surface area (TPSA) is 54.0 Å². The van der Waals surface area contributed by atoms with Crippen LogP contribution >= 0.6 is 11.3 Å². The Morgan fingerprint density at radius 1 is 1.47 bits per heavy atom. The summed E-state index contributed by atoms with van der Waals surface area (Å²) in [4.78, 5) is 15.8. The van der Waals surface area contributed by atoms with Crippen molar-refractivity contribution in [3.63, 3.8) is 0 Å². The summed E-state index contributed by atoms with van der Waals surface area (Å²) < 4.78 is 13.9. The standard InChI is InChI=1S/C13H16FN3OS/c1-8(2)6-15-12(18)7-16-13-17-10-5-9(14)3-4-11(10)19-13/h3-5,8H,6-7H2,1-2H3,(H,15,18)(H,16,17). The van der Waals surface area contributed by atoms with Gasteiger partial charge in [0.1, 0.15) is 5.82 Å². The fraction of sp³-hybridized carbons (Fsp3) is 0.385. The van der Waals surface area contributed by atoms with Crippen molar-refractivity contribution in [2.75, 3.05) is 18.4 Å². The highest BCUT2D eigenvalue weighted by atomic mass is 32.1. The number of anilines is 1. The van der Waals surface area contributed by atoms with Gasteiger partial charge >= 0.3 is 0 Å². The molecular formula is C13H16FN3OS. The number of carbonyl (C=O) groups excluding carboxylic acids is 1. The summed E-state index contributed by atoms with van der Waals surface area (Å²) in [6, 6.07) is 4.47. The molecule has 2 rings (SSSR count). The number of hydrogen-bond acceptors (Lipinski definition) is 4. The Kier molecular flexibility index (Phi) is 4.31. The summed E-state index contributed by atoms with van der Waals surface area (Å²) in [5.41, 5.74) is 0.607. The molecule has 1 aromatic heterocycles. The number of benzene rings is 1. The van der Waals surface area contributed by atoms with E-state index in [1.165, 1.54) is 23.5 Å². The summed E-state index contributed by atoms with van der Waals surface area (Å²) >= 11 is 1.40. The lowest BCUT2D eigenvalue weighted by atomic mass is 10.2. The van der Waals surface area contributed by atoms with Crippen molar-refractivity contribution < 1.29 is 9.18 Å². The number of fused-ring (bicyclic) bond motifs is 1. The van der Waals surface area contributed by atoms with Crippen molar-refractivity contribution in [3.05, 3.63) is 24.0 Å². The zero-order valence-corrected chi connectivity index (χ0v) is 11.7. The van der Waals surface area contributed by atoms with Crippen molar-refractivity contribution in [1.82, 2.24) is 10.3 Å². The van der Waals surface area contributed by atoms with E-state index >= 15 is 0 Å². The number of nitrogens with one attached hydrogen (secondary N) is 2. The van der Waals surface area contributed by atoms with Crippen LogP contribution in [0, 0.1) is 11.7 Å². The van der Waals surface area contributed by atoms with Crippen LogP contribution in [-0.2, 0) is 4.79 Å². The number of amides is 1. The molecule has 0 spiro atoms. The predicted molar refractivity (Wildman–Crippen MR) is 75.9 cm³/mol. The fourth-order valence-electron chi connectivity index (χ4n) is 1.51. The maximum absolute atomic E-state index is 13.0. The summed E-state index contributed by atoms with van der Waals surface area (Å²) in [5, 5.41) is 6.39. The number of halogens is 1. The van der Waals surface area contributed by atoms with Gasteiger partial charge in [-0.05, 0) is 18.1 Å². The predicted octanol–water partition coefficient (Wildman–Crippen LogP) is 2.62. The number of thiazole rings is 1. The first-order valence-corrected chi connectivity index (χ1v) is 6.93. The molecule has 0 saturated heterocycles. The van der Waals surface area contributed by atoms with Gasteiger partial charge < -0.3 is 10.6 Å². The number of carbonyl (C=O) groups is 1. The van der Waals surface area contributed by atoms with Crippen molar-refractivity contribution in [2.45, 2.75) is 13.8 Å². The SMILES string of the molecule is CC(C)CNC(=O)CNc1nc2cc(F)ccc2s1. The zero-order valence-electron chi connectivity index (χ0n) is 10.9. The molecule has 19 heavy (non-hydrogen) atoms. The minimum Gasteiger partial charge on any atom is -0.354 e. The summed E-state index contributed by atoms with van der Waals surface area (Å²) in [5.74, 6) is 0.0486. The molecule has 1 heterocycles. The molecule has 0 aliphatic heterocycles. The van der Waals surface area contributed by atoms with Gasteiger partial charge in [-0.15, -0.1) is 0 Å². The highest BCUT2D eigenvalue weighted by Crippen LogP contribution is 2.25. The normalized spacial score (nSPS) is 10.9. The molecule has 0 fully saturated rings. The van der Waals surface area contributed by atoms with Crippen molar-refractivity contribution >= 4 is 32.6 Å². The van der Waals surface area contributed by atoms with E-state index < -0.39 is 0 Å². The largest absolute Gasteiger partial charge is 0.354 e. The van der Waals surface area contributed by atoms with E-state index in [1.807, 2.05) is 13.8 Å². The molecule has 0 radical (unpaired) electrons. The van der Waals surface area contributed by atoms with Crippen LogP contribution in [0.5, 0.6) is 0 Å². The molecule has 6 heteroatoms. The number of hydrogen-bond donors (Lipinski definition) is 2. The molecule has 0 unspecified atom stereocenters. The fourth-order valence-corrected chi connectivity index (χ4v) is 2.35. The summed E-state index contributed by atoms with van der Waals surface area (Å²) in [6.07, 6.45) is 0. The minimum absolute atomic E-state index is 0.0702. The third-order valence-electron chi connectivity index (χ3n) is 2.46. The number of rotatable bonds is 5. The lowest BCUT2D eigenvalue weighted by molar-refractivity contribution is -0.119. The first kappa shape index (κ1) is 13.7. The van der Waals surface area contributed by atoms with Gasteiger partial charge in [0.05, 0.1) is 16.8 Å². The summed E-state index contributed by atoms with van der Waals surface area (Å²) in [7, 11) is 0. The quantitative estimate of drug-likeness (QED) is 0.886. The van der Waals surface area contributed by atoms with E-state index in [-0.39, 0.29) is 18.3 Å². The second kappa shape index (κ2) is 5.97. The Balaban J connectivity index is 1.92. The van der Waals surface area contributed by atoms with Gasteiger partial charge in [0, 0.05) is 12.6 Å². The average molecular weight is 281 g/mol. The smallest absolute Gasteiger partial charge is 0.239 e. The Morgan fingerprint density at radius 2 is 2.26 bits per heavy atom. The molecule has 0 aliphatic carbocycles. The maximum atomic E-state index is 13.0. The van der Waals surface area contributed by atoms with E-state index in [0.29, 0.717) is 23.1 Å². The first-order chi connectivity index (χ1) is 9.04. The second-order valence-electron chi connectivity index (χ2n) is 4.68. The van der Waals surface area contributed by atoms with E-state index in [4.69, 9.17) is 0 Å². The van der Waals surface area contributed by atoms with Crippen molar-refractivity contribution in [2.24, 2.45) is 5.92 Å². The van der Waals surface area contributed by atoms with Gasteiger partial charge in [0.25, 0.3) is 0 Å². The van der Waals surface area contributed by atoms with Crippen molar-refractivity contribution in [3.8, 4) is 0 Å². The summed E-state index contributed by atoms with van der Waals surface area (Å²) in [6.45, 7) is 4.91. The van der Waals surface area contributed by atoms with Gasteiger partial charge in [-0.2, -0.15) is 0 Å². The van der Waals surface area contributed by atoms with Crippen LogP contribution in [0.15, 0.2) is 18.2 Å². The van der Waals surface area contributed by atoms with Crippen LogP contribution in [-0.4, -0.2) is 24.0 Å². The van der Waals surface area contributed by atoms with Gasteiger partial charge in [-0.1, -0.05) is 25.2 Å². The molecule has 0 bridgehead atoms.